The van der Waals surface area contributed by atoms with Crippen molar-refractivity contribution in [1.29, 1.82) is 0 Å². The predicted molar refractivity (Wildman–Crippen MR) is 113 cm³/mol. The van der Waals surface area contributed by atoms with Crippen LogP contribution < -0.4 is 10.7 Å². The van der Waals surface area contributed by atoms with Crippen LogP contribution in [0.4, 0.5) is 5.69 Å². The van der Waals surface area contributed by atoms with Crippen molar-refractivity contribution in [3.05, 3.63) is 77.9 Å². The topological polar surface area (TPSA) is 70.6 Å². The summed E-state index contributed by atoms with van der Waals surface area (Å²) in [6.07, 6.45) is 4.81. The van der Waals surface area contributed by atoms with Gasteiger partial charge in [-0.25, -0.2) is 5.43 Å². The molecule has 5 heteroatoms. The number of rotatable bonds is 6. The van der Waals surface area contributed by atoms with Gasteiger partial charge in [0.2, 0.25) is 0 Å². The first-order chi connectivity index (χ1) is 13.7. The molecule has 0 atom stereocenters. The van der Waals surface area contributed by atoms with Gasteiger partial charge in [-0.2, -0.15) is 5.10 Å². The maximum Gasteiger partial charge on any atom is 0.329 e. The first-order valence-corrected chi connectivity index (χ1v) is 9.38. The van der Waals surface area contributed by atoms with Crippen LogP contribution in [0.15, 0.2) is 71.8 Å². The summed E-state index contributed by atoms with van der Waals surface area (Å²) >= 11 is 0. The molecule has 0 saturated carbocycles. The molecule has 0 aromatic heterocycles. The van der Waals surface area contributed by atoms with E-state index in [1.165, 1.54) is 11.8 Å². The van der Waals surface area contributed by atoms with Crippen LogP contribution in [0.2, 0.25) is 0 Å². The van der Waals surface area contributed by atoms with Crippen LogP contribution >= 0.6 is 0 Å². The molecular weight excluding hydrogens is 350 g/mol. The number of carbonyl (C=O) groups is 2. The third kappa shape index (κ3) is 5.04. The summed E-state index contributed by atoms with van der Waals surface area (Å²) < 4.78 is 0. The maximum absolute atomic E-state index is 12.0. The van der Waals surface area contributed by atoms with E-state index in [9.17, 15) is 9.59 Å². The van der Waals surface area contributed by atoms with Crippen LogP contribution in [0.3, 0.4) is 0 Å². The maximum atomic E-state index is 12.0. The molecule has 28 heavy (non-hydrogen) atoms. The SMILES string of the molecule is CCCCc1ccc(NC(=O)C(=O)NN=Cc2cccc3ccccc23)cc1. The van der Waals surface area contributed by atoms with Gasteiger partial charge in [-0.15, -0.1) is 0 Å². The highest BCUT2D eigenvalue weighted by Crippen LogP contribution is 2.16. The average Bonchev–Trinajstić information content (AvgIpc) is 2.73. The summed E-state index contributed by atoms with van der Waals surface area (Å²) in [5, 5.41) is 8.60. The lowest BCUT2D eigenvalue weighted by Crippen LogP contribution is -2.32. The van der Waals surface area contributed by atoms with Crippen LogP contribution in [0.1, 0.15) is 30.9 Å². The van der Waals surface area contributed by atoms with Crippen LogP contribution in [-0.4, -0.2) is 18.0 Å². The lowest BCUT2D eigenvalue weighted by atomic mass is 10.1. The monoisotopic (exact) mass is 373 g/mol. The molecule has 0 radical (unpaired) electrons. The Hall–Kier alpha value is -3.47. The van der Waals surface area contributed by atoms with E-state index in [1.807, 2.05) is 54.6 Å². The second-order valence-corrected chi connectivity index (χ2v) is 6.52. The van der Waals surface area contributed by atoms with Gasteiger partial charge in [0.1, 0.15) is 0 Å². The third-order valence-electron chi connectivity index (χ3n) is 4.43. The van der Waals surface area contributed by atoms with Crippen molar-refractivity contribution < 1.29 is 9.59 Å². The summed E-state index contributed by atoms with van der Waals surface area (Å²) in [4.78, 5) is 24.0. The van der Waals surface area contributed by atoms with Gasteiger partial charge in [-0.1, -0.05) is 67.9 Å². The Morgan fingerprint density at radius 2 is 1.68 bits per heavy atom. The van der Waals surface area contributed by atoms with Crippen LogP contribution in [0.25, 0.3) is 10.8 Å². The number of benzene rings is 3. The lowest BCUT2D eigenvalue weighted by Gasteiger charge is -2.06. The molecule has 0 aliphatic heterocycles. The Kier molecular flexibility index (Phi) is 6.52. The zero-order valence-electron chi connectivity index (χ0n) is 15.8. The predicted octanol–water partition coefficient (Wildman–Crippen LogP) is 4.27. The molecule has 5 nitrogen and oxygen atoms in total. The van der Waals surface area contributed by atoms with Gasteiger partial charge in [-0.3, -0.25) is 9.59 Å². The molecule has 0 heterocycles. The van der Waals surface area contributed by atoms with Gasteiger partial charge in [0.25, 0.3) is 0 Å². The number of nitrogens with one attached hydrogen (secondary N) is 2. The molecular formula is C23H23N3O2. The normalized spacial score (nSPS) is 10.9. The smallest absolute Gasteiger partial charge is 0.318 e. The Balaban J connectivity index is 1.57. The Bertz CT molecular complexity index is 989. The van der Waals surface area contributed by atoms with E-state index < -0.39 is 11.8 Å². The van der Waals surface area contributed by atoms with Gasteiger partial charge < -0.3 is 5.32 Å². The van der Waals surface area contributed by atoms with Crippen molar-refractivity contribution in [3.63, 3.8) is 0 Å². The fourth-order valence-corrected chi connectivity index (χ4v) is 2.90. The number of unbranched alkanes of at least 4 members (excludes halogenated alkanes) is 1. The van der Waals surface area contributed by atoms with Crippen molar-refractivity contribution in [3.8, 4) is 0 Å². The van der Waals surface area contributed by atoms with E-state index in [-0.39, 0.29) is 0 Å². The minimum absolute atomic E-state index is 0.582. The second-order valence-electron chi connectivity index (χ2n) is 6.52. The lowest BCUT2D eigenvalue weighted by molar-refractivity contribution is -0.136. The van der Waals surface area contributed by atoms with E-state index in [0.717, 1.165) is 35.6 Å². The number of fused-ring (bicyclic) bond motifs is 1. The van der Waals surface area contributed by atoms with Crippen LogP contribution in [0.5, 0.6) is 0 Å². The molecule has 0 fully saturated rings. The van der Waals surface area contributed by atoms with E-state index in [2.05, 4.69) is 22.8 Å². The molecule has 0 aliphatic carbocycles. The highest BCUT2D eigenvalue weighted by molar-refractivity contribution is 6.39. The molecule has 0 saturated heterocycles. The fourth-order valence-electron chi connectivity index (χ4n) is 2.90. The highest BCUT2D eigenvalue weighted by Gasteiger charge is 2.12. The standard InChI is InChI=1S/C23H23N3O2/c1-2-3-7-17-12-14-20(15-13-17)25-22(27)23(28)26-24-16-19-10-6-9-18-8-4-5-11-21(18)19/h4-6,8-16H,2-3,7H2,1H3,(H,25,27)(H,26,28). The highest BCUT2D eigenvalue weighted by atomic mass is 16.2. The minimum atomic E-state index is -0.813. The summed E-state index contributed by atoms with van der Waals surface area (Å²) in [7, 11) is 0. The summed E-state index contributed by atoms with van der Waals surface area (Å²) in [6.45, 7) is 2.15. The first kappa shape index (κ1) is 19.3. The van der Waals surface area contributed by atoms with Gasteiger partial charge in [-0.05, 0) is 41.3 Å². The zero-order valence-corrected chi connectivity index (χ0v) is 15.8. The summed E-state index contributed by atoms with van der Waals surface area (Å²) in [6, 6.07) is 21.2. The van der Waals surface area contributed by atoms with Crippen molar-refractivity contribution in [2.24, 2.45) is 5.10 Å². The van der Waals surface area contributed by atoms with Crippen molar-refractivity contribution >= 4 is 34.5 Å². The number of carbonyl (C=O) groups excluding carboxylic acids is 2. The number of anilines is 1. The van der Waals surface area contributed by atoms with Gasteiger partial charge in [0.15, 0.2) is 0 Å². The molecule has 3 rings (SSSR count). The second kappa shape index (κ2) is 9.46. The van der Waals surface area contributed by atoms with Crippen molar-refractivity contribution in [2.45, 2.75) is 26.2 Å². The van der Waals surface area contributed by atoms with Gasteiger partial charge in [0.05, 0.1) is 6.21 Å². The zero-order chi connectivity index (χ0) is 19.8. The molecule has 0 unspecified atom stereocenters. The molecule has 0 aliphatic rings. The molecule has 0 spiro atoms. The Labute approximate surface area is 164 Å². The molecule has 3 aromatic carbocycles. The van der Waals surface area contributed by atoms with Crippen molar-refractivity contribution in [1.82, 2.24) is 5.43 Å². The molecule has 0 bridgehead atoms. The number of aryl methyl sites for hydroxylation is 1. The number of nitrogens with zero attached hydrogens (tertiary/aromatic N) is 1. The molecule has 3 aromatic rings. The fraction of sp³-hybridized carbons (Fsp3) is 0.174. The van der Waals surface area contributed by atoms with E-state index >= 15 is 0 Å². The van der Waals surface area contributed by atoms with Crippen molar-refractivity contribution in [2.75, 3.05) is 5.32 Å². The Morgan fingerprint density at radius 3 is 2.46 bits per heavy atom. The van der Waals surface area contributed by atoms with Gasteiger partial charge in [0, 0.05) is 11.3 Å². The first-order valence-electron chi connectivity index (χ1n) is 9.38. The van der Waals surface area contributed by atoms with Gasteiger partial charge >= 0.3 is 11.8 Å². The summed E-state index contributed by atoms with van der Waals surface area (Å²) in [5.74, 6) is -1.57. The quantitative estimate of drug-likeness (QED) is 0.385. The van der Waals surface area contributed by atoms with E-state index in [4.69, 9.17) is 0 Å². The van der Waals surface area contributed by atoms with Crippen LogP contribution in [-0.2, 0) is 16.0 Å². The number of amides is 2. The number of hydrazone groups is 1. The summed E-state index contributed by atoms with van der Waals surface area (Å²) in [5.41, 5.74) is 4.93. The molecule has 2 amide bonds. The average molecular weight is 373 g/mol. The minimum Gasteiger partial charge on any atom is -0.318 e. The number of hydrogen-bond donors (Lipinski definition) is 2. The largest absolute Gasteiger partial charge is 0.329 e. The van der Waals surface area contributed by atoms with E-state index in [1.54, 1.807) is 12.1 Å². The van der Waals surface area contributed by atoms with E-state index in [0.29, 0.717) is 5.69 Å². The third-order valence-corrected chi connectivity index (χ3v) is 4.43. The Morgan fingerprint density at radius 1 is 0.929 bits per heavy atom. The molecule has 2 N–H and O–H groups in total. The number of hydrogen-bond acceptors (Lipinski definition) is 3. The van der Waals surface area contributed by atoms with Crippen LogP contribution in [0, 0.1) is 0 Å². The molecule has 142 valence electrons.